The Balaban J connectivity index is 3.05. The summed E-state index contributed by atoms with van der Waals surface area (Å²) in [5.41, 5.74) is 11.1. The number of phenols is 1. The monoisotopic (exact) mass is 465 g/mol. The maximum absolute atomic E-state index is 12.9. The van der Waals surface area contributed by atoms with Crippen molar-refractivity contribution >= 4 is 29.6 Å². The molecule has 0 aliphatic carbocycles. The first-order chi connectivity index (χ1) is 15.4. The number of carboxylic acid groups (broad SMARTS) is 1. The third kappa shape index (κ3) is 9.99. The normalized spacial score (nSPS) is 13.5. The number of carbonyl (C=O) groups excluding carboxylic acids is 4. The molecule has 0 aliphatic rings. The van der Waals surface area contributed by atoms with E-state index in [1.807, 2.05) is 0 Å². The van der Waals surface area contributed by atoms with Crippen LogP contribution in [0.4, 0.5) is 0 Å². The van der Waals surface area contributed by atoms with Gasteiger partial charge in [0.15, 0.2) is 0 Å². The summed E-state index contributed by atoms with van der Waals surface area (Å²) < 4.78 is 0. The fourth-order valence-electron chi connectivity index (χ4n) is 2.98. The minimum Gasteiger partial charge on any atom is -0.508 e. The van der Waals surface area contributed by atoms with Crippen molar-refractivity contribution < 1.29 is 34.2 Å². The van der Waals surface area contributed by atoms with Gasteiger partial charge in [0, 0.05) is 6.42 Å². The van der Waals surface area contributed by atoms with E-state index < -0.39 is 54.1 Å². The Hall–Kier alpha value is -3.67. The van der Waals surface area contributed by atoms with Crippen LogP contribution < -0.4 is 27.4 Å². The molecule has 4 amide bonds. The van der Waals surface area contributed by atoms with E-state index in [4.69, 9.17) is 11.5 Å². The van der Waals surface area contributed by atoms with Gasteiger partial charge in [-0.2, -0.15) is 0 Å². The molecule has 1 aromatic rings. The minimum absolute atomic E-state index is 0.00609. The minimum atomic E-state index is -1.46. The highest BCUT2D eigenvalue weighted by Crippen LogP contribution is 2.12. The zero-order valence-corrected chi connectivity index (χ0v) is 18.5. The van der Waals surface area contributed by atoms with E-state index in [1.165, 1.54) is 12.1 Å². The average Bonchev–Trinajstić information content (AvgIpc) is 2.72. The predicted molar refractivity (Wildman–Crippen MR) is 118 cm³/mol. The summed E-state index contributed by atoms with van der Waals surface area (Å²) >= 11 is 0. The summed E-state index contributed by atoms with van der Waals surface area (Å²) in [5.74, 6) is -4.53. The van der Waals surface area contributed by atoms with E-state index in [0.717, 1.165) is 0 Å². The van der Waals surface area contributed by atoms with Crippen LogP contribution in [0.15, 0.2) is 24.3 Å². The standard InChI is InChI=1S/C21H31N5O7/c1-11(2)7-16(21(32)33)26-20(31)15(9-17(23)28)25-19(30)14(24-18(29)10-22)8-12-3-5-13(27)6-4-12/h3-6,11,14-16,27H,7-10,22H2,1-2H3,(H2,23,28)(H,24,29)(H,25,30)(H,26,31)(H,32,33). The Morgan fingerprint density at radius 3 is 1.94 bits per heavy atom. The predicted octanol–water partition coefficient (Wildman–Crippen LogP) is -1.65. The number of benzene rings is 1. The number of phenolic OH excluding ortho intramolecular Hbond substituents is 1. The molecule has 0 saturated heterocycles. The Morgan fingerprint density at radius 1 is 0.909 bits per heavy atom. The third-order valence-electron chi connectivity index (χ3n) is 4.57. The number of aromatic hydroxyl groups is 1. The SMILES string of the molecule is CC(C)CC(NC(=O)C(CC(N)=O)NC(=O)C(Cc1ccc(O)cc1)NC(=O)CN)C(=O)O. The molecule has 12 heteroatoms. The van der Waals surface area contributed by atoms with Crippen LogP contribution in [-0.2, 0) is 30.4 Å². The van der Waals surface area contributed by atoms with Gasteiger partial charge in [-0.25, -0.2) is 4.79 Å². The lowest BCUT2D eigenvalue weighted by Crippen LogP contribution is -2.57. The number of nitrogens with two attached hydrogens (primary N) is 2. The van der Waals surface area contributed by atoms with Crippen LogP contribution in [0.3, 0.4) is 0 Å². The molecule has 0 aliphatic heterocycles. The largest absolute Gasteiger partial charge is 0.508 e. The van der Waals surface area contributed by atoms with Crippen LogP contribution in [0.1, 0.15) is 32.3 Å². The first-order valence-corrected chi connectivity index (χ1v) is 10.3. The molecule has 0 spiro atoms. The van der Waals surface area contributed by atoms with Gasteiger partial charge < -0.3 is 37.6 Å². The molecule has 1 rings (SSSR count). The van der Waals surface area contributed by atoms with Gasteiger partial charge in [0.25, 0.3) is 0 Å². The molecule has 3 atom stereocenters. The number of carboxylic acids is 1. The number of carbonyl (C=O) groups is 5. The zero-order valence-electron chi connectivity index (χ0n) is 18.5. The zero-order chi connectivity index (χ0) is 25.1. The average molecular weight is 466 g/mol. The molecule has 0 radical (unpaired) electrons. The fourth-order valence-corrected chi connectivity index (χ4v) is 2.98. The highest BCUT2D eigenvalue weighted by Gasteiger charge is 2.30. The summed E-state index contributed by atoms with van der Waals surface area (Å²) in [6, 6.07) is 2.04. The second kappa shape index (κ2) is 13.0. The lowest BCUT2D eigenvalue weighted by atomic mass is 10.0. The smallest absolute Gasteiger partial charge is 0.326 e. The summed E-state index contributed by atoms with van der Waals surface area (Å²) in [5, 5.41) is 25.9. The number of rotatable bonds is 13. The molecule has 0 aromatic heterocycles. The molecule has 1 aromatic carbocycles. The molecule has 0 fully saturated rings. The second-order valence-corrected chi connectivity index (χ2v) is 7.96. The molecule has 0 bridgehead atoms. The quantitative estimate of drug-likeness (QED) is 0.179. The Bertz CT molecular complexity index is 857. The molecular formula is C21H31N5O7. The number of aliphatic carboxylic acids is 1. The highest BCUT2D eigenvalue weighted by atomic mass is 16.4. The van der Waals surface area contributed by atoms with Crippen LogP contribution in [-0.4, -0.2) is 64.5 Å². The molecule has 33 heavy (non-hydrogen) atoms. The number of nitrogens with one attached hydrogen (secondary N) is 3. The summed E-state index contributed by atoms with van der Waals surface area (Å²) in [6.45, 7) is 3.16. The van der Waals surface area contributed by atoms with E-state index in [9.17, 15) is 34.2 Å². The highest BCUT2D eigenvalue weighted by molar-refractivity contribution is 5.95. The molecule has 9 N–H and O–H groups in total. The lowest BCUT2D eigenvalue weighted by Gasteiger charge is -2.24. The van der Waals surface area contributed by atoms with Crippen molar-refractivity contribution in [2.24, 2.45) is 17.4 Å². The lowest BCUT2D eigenvalue weighted by molar-refractivity contribution is -0.143. The topological polar surface area (TPSA) is 214 Å². The maximum Gasteiger partial charge on any atom is 0.326 e. The fraction of sp³-hybridized carbons (Fsp3) is 0.476. The molecule has 0 saturated carbocycles. The van der Waals surface area contributed by atoms with Crippen molar-refractivity contribution in [1.82, 2.24) is 16.0 Å². The number of hydrogen-bond acceptors (Lipinski definition) is 7. The Morgan fingerprint density at radius 2 is 1.45 bits per heavy atom. The van der Waals surface area contributed by atoms with Crippen LogP contribution in [0.5, 0.6) is 5.75 Å². The van der Waals surface area contributed by atoms with E-state index >= 15 is 0 Å². The number of amides is 4. The first-order valence-electron chi connectivity index (χ1n) is 10.3. The van der Waals surface area contributed by atoms with Crippen molar-refractivity contribution in [1.29, 1.82) is 0 Å². The van der Waals surface area contributed by atoms with Crippen molar-refractivity contribution in [3.63, 3.8) is 0 Å². The maximum atomic E-state index is 12.9. The van der Waals surface area contributed by atoms with Gasteiger partial charge in [-0.1, -0.05) is 26.0 Å². The van der Waals surface area contributed by atoms with Crippen LogP contribution >= 0.6 is 0 Å². The van der Waals surface area contributed by atoms with Gasteiger partial charge in [-0.3, -0.25) is 19.2 Å². The number of primary amides is 1. The van der Waals surface area contributed by atoms with Crippen molar-refractivity contribution in [3.05, 3.63) is 29.8 Å². The van der Waals surface area contributed by atoms with Crippen LogP contribution in [0, 0.1) is 5.92 Å². The van der Waals surface area contributed by atoms with Crippen LogP contribution in [0.2, 0.25) is 0 Å². The van der Waals surface area contributed by atoms with Gasteiger partial charge >= 0.3 is 5.97 Å². The van der Waals surface area contributed by atoms with E-state index in [-0.39, 0.29) is 31.1 Å². The van der Waals surface area contributed by atoms with Gasteiger partial charge in [-0.15, -0.1) is 0 Å². The van der Waals surface area contributed by atoms with Gasteiger partial charge in [0.05, 0.1) is 13.0 Å². The summed E-state index contributed by atoms with van der Waals surface area (Å²) in [7, 11) is 0. The van der Waals surface area contributed by atoms with Crippen LogP contribution in [0.25, 0.3) is 0 Å². The van der Waals surface area contributed by atoms with Crippen molar-refractivity contribution in [2.45, 2.75) is 51.2 Å². The van der Waals surface area contributed by atoms with Crippen molar-refractivity contribution in [2.75, 3.05) is 6.54 Å². The second-order valence-electron chi connectivity index (χ2n) is 7.96. The van der Waals surface area contributed by atoms with Gasteiger partial charge in [0.2, 0.25) is 23.6 Å². The molecular weight excluding hydrogens is 434 g/mol. The van der Waals surface area contributed by atoms with E-state index in [0.29, 0.717) is 5.56 Å². The summed E-state index contributed by atoms with van der Waals surface area (Å²) in [4.78, 5) is 60.3. The molecule has 3 unspecified atom stereocenters. The van der Waals surface area contributed by atoms with E-state index in [2.05, 4.69) is 16.0 Å². The Kier molecular flexibility index (Phi) is 10.8. The Labute approximate surface area is 191 Å². The molecule has 0 heterocycles. The third-order valence-corrected chi connectivity index (χ3v) is 4.57. The molecule has 182 valence electrons. The van der Waals surface area contributed by atoms with Gasteiger partial charge in [-0.05, 0) is 30.0 Å². The number of hydrogen-bond donors (Lipinski definition) is 7. The first kappa shape index (κ1) is 27.4. The summed E-state index contributed by atoms with van der Waals surface area (Å²) in [6.07, 6.45) is -0.454. The van der Waals surface area contributed by atoms with Gasteiger partial charge in [0.1, 0.15) is 23.9 Å². The molecule has 12 nitrogen and oxygen atoms in total. The van der Waals surface area contributed by atoms with E-state index in [1.54, 1.807) is 26.0 Å². The van der Waals surface area contributed by atoms with Crippen molar-refractivity contribution in [3.8, 4) is 5.75 Å².